The zero-order chi connectivity index (χ0) is 15.2. The quantitative estimate of drug-likeness (QED) is 0.775. The van der Waals surface area contributed by atoms with Crippen LogP contribution < -0.4 is 5.73 Å². The first-order chi connectivity index (χ1) is 10.1. The molecule has 1 saturated heterocycles. The van der Waals surface area contributed by atoms with E-state index in [4.69, 9.17) is 14.9 Å². The van der Waals surface area contributed by atoms with Crippen LogP contribution in [-0.4, -0.2) is 47.8 Å². The summed E-state index contributed by atoms with van der Waals surface area (Å²) in [7, 11) is 0. The molecule has 1 aliphatic rings. The normalized spacial score (nSPS) is 24.9. The third-order valence-electron chi connectivity index (χ3n) is 3.99. The first-order valence-corrected chi connectivity index (χ1v) is 7.37. The fourth-order valence-electron chi connectivity index (χ4n) is 2.68. The molecular formula is C15H24N2O4. The Morgan fingerprint density at radius 1 is 1.62 bits per heavy atom. The molecule has 0 bridgehead atoms. The standard InChI is InChI=1S/C15H24N2O4/c1-11-4-5-12(15(16)19)7-17(11)8-13(18)9-20-10-14-3-2-6-21-14/h2-3,6,11-13,18H,4-5,7-10H2,1H3,(H2,16,19). The molecule has 1 aromatic heterocycles. The number of nitrogens with zero attached hydrogens (tertiary/aromatic N) is 1. The molecule has 1 aliphatic heterocycles. The van der Waals surface area contributed by atoms with Crippen molar-refractivity contribution in [2.24, 2.45) is 11.7 Å². The van der Waals surface area contributed by atoms with Gasteiger partial charge in [-0.05, 0) is 31.9 Å². The van der Waals surface area contributed by atoms with Gasteiger partial charge in [-0.3, -0.25) is 9.69 Å². The average Bonchev–Trinajstić information content (AvgIpc) is 2.94. The molecule has 1 fully saturated rings. The maximum Gasteiger partial charge on any atom is 0.221 e. The Balaban J connectivity index is 1.72. The van der Waals surface area contributed by atoms with E-state index in [2.05, 4.69) is 11.8 Å². The molecule has 21 heavy (non-hydrogen) atoms. The Morgan fingerprint density at radius 2 is 2.43 bits per heavy atom. The van der Waals surface area contributed by atoms with Crippen molar-refractivity contribution in [2.75, 3.05) is 19.7 Å². The summed E-state index contributed by atoms with van der Waals surface area (Å²) >= 11 is 0. The number of carbonyl (C=O) groups excluding carboxylic acids is 1. The highest BCUT2D eigenvalue weighted by molar-refractivity contribution is 5.76. The van der Waals surface area contributed by atoms with Crippen LogP contribution in [0.4, 0.5) is 0 Å². The number of carbonyl (C=O) groups is 1. The van der Waals surface area contributed by atoms with Crippen molar-refractivity contribution < 1.29 is 19.1 Å². The van der Waals surface area contributed by atoms with Gasteiger partial charge in [0.25, 0.3) is 0 Å². The minimum atomic E-state index is -0.589. The number of hydrogen-bond donors (Lipinski definition) is 2. The van der Waals surface area contributed by atoms with Gasteiger partial charge in [0.1, 0.15) is 12.4 Å². The third kappa shape index (κ3) is 4.84. The SMILES string of the molecule is CC1CCC(C(N)=O)CN1CC(O)COCc1ccco1. The number of aliphatic hydroxyl groups is 1. The van der Waals surface area contributed by atoms with E-state index in [1.807, 2.05) is 6.07 Å². The average molecular weight is 296 g/mol. The monoisotopic (exact) mass is 296 g/mol. The Labute approximate surface area is 124 Å². The number of furan rings is 1. The lowest BCUT2D eigenvalue weighted by molar-refractivity contribution is -0.124. The molecule has 0 saturated carbocycles. The summed E-state index contributed by atoms with van der Waals surface area (Å²) in [6.45, 7) is 3.80. The van der Waals surface area contributed by atoms with Crippen LogP contribution in [-0.2, 0) is 16.1 Å². The zero-order valence-corrected chi connectivity index (χ0v) is 12.4. The summed E-state index contributed by atoms with van der Waals surface area (Å²) < 4.78 is 10.6. The van der Waals surface area contributed by atoms with Crippen molar-refractivity contribution in [3.63, 3.8) is 0 Å². The molecule has 0 aromatic carbocycles. The highest BCUT2D eigenvalue weighted by Gasteiger charge is 2.29. The number of piperidine rings is 1. The highest BCUT2D eigenvalue weighted by atomic mass is 16.5. The lowest BCUT2D eigenvalue weighted by Crippen LogP contribution is -2.49. The molecule has 2 heterocycles. The minimum absolute atomic E-state index is 0.113. The van der Waals surface area contributed by atoms with Crippen LogP contribution >= 0.6 is 0 Å². The van der Waals surface area contributed by atoms with Gasteiger partial charge in [0, 0.05) is 19.1 Å². The summed E-state index contributed by atoms with van der Waals surface area (Å²) in [4.78, 5) is 13.4. The Hall–Kier alpha value is -1.37. The number of hydrogen-bond acceptors (Lipinski definition) is 5. The fraction of sp³-hybridized carbons (Fsp3) is 0.667. The maximum absolute atomic E-state index is 11.3. The van der Waals surface area contributed by atoms with Crippen molar-refractivity contribution >= 4 is 5.91 Å². The summed E-state index contributed by atoms with van der Waals surface area (Å²) in [5.74, 6) is 0.371. The molecule has 1 amide bonds. The van der Waals surface area contributed by atoms with Gasteiger partial charge in [-0.25, -0.2) is 0 Å². The van der Waals surface area contributed by atoms with Crippen molar-refractivity contribution in [1.82, 2.24) is 4.90 Å². The van der Waals surface area contributed by atoms with Crippen LogP contribution in [0.2, 0.25) is 0 Å². The first kappa shape index (κ1) is 16.0. The van der Waals surface area contributed by atoms with Crippen LogP contribution in [0.3, 0.4) is 0 Å². The molecular weight excluding hydrogens is 272 g/mol. The van der Waals surface area contributed by atoms with Gasteiger partial charge in [-0.15, -0.1) is 0 Å². The number of primary amides is 1. The van der Waals surface area contributed by atoms with Gasteiger partial charge >= 0.3 is 0 Å². The Bertz CT molecular complexity index is 435. The predicted octanol–water partition coefficient (Wildman–Crippen LogP) is 0.743. The van der Waals surface area contributed by atoms with Crippen molar-refractivity contribution in [3.05, 3.63) is 24.2 Å². The van der Waals surface area contributed by atoms with E-state index in [0.29, 0.717) is 25.7 Å². The molecule has 6 nitrogen and oxygen atoms in total. The van der Waals surface area contributed by atoms with Gasteiger partial charge in [-0.1, -0.05) is 0 Å². The Morgan fingerprint density at radius 3 is 3.10 bits per heavy atom. The number of amides is 1. The molecule has 1 aromatic rings. The van der Waals surface area contributed by atoms with E-state index in [-0.39, 0.29) is 18.4 Å². The second-order valence-electron chi connectivity index (χ2n) is 5.73. The minimum Gasteiger partial charge on any atom is -0.467 e. The number of likely N-dealkylation sites (tertiary alicyclic amines) is 1. The van der Waals surface area contributed by atoms with Gasteiger partial charge in [0.15, 0.2) is 0 Å². The lowest BCUT2D eigenvalue weighted by Gasteiger charge is -2.37. The second kappa shape index (κ2) is 7.59. The highest BCUT2D eigenvalue weighted by Crippen LogP contribution is 2.21. The van der Waals surface area contributed by atoms with Gasteiger partial charge in [-0.2, -0.15) is 0 Å². The van der Waals surface area contributed by atoms with E-state index in [1.165, 1.54) is 0 Å². The first-order valence-electron chi connectivity index (χ1n) is 7.37. The summed E-state index contributed by atoms with van der Waals surface area (Å²) in [5.41, 5.74) is 5.38. The summed E-state index contributed by atoms with van der Waals surface area (Å²) in [6, 6.07) is 3.98. The van der Waals surface area contributed by atoms with E-state index < -0.39 is 6.10 Å². The summed E-state index contributed by atoms with van der Waals surface area (Å²) in [5, 5.41) is 10.1. The Kier molecular flexibility index (Phi) is 5.78. The number of rotatable bonds is 7. The number of ether oxygens (including phenoxy) is 1. The number of aliphatic hydroxyl groups excluding tert-OH is 1. The van der Waals surface area contributed by atoms with E-state index in [1.54, 1.807) is 12.3 Å². The second-order valence-corrected chi connectivity index (χ2v) is 5.73. The van der Waals surface area contributed by atoms with Crippen LogP contribution in [0.1, 0.15) is 25.5 Å². The third-order valence-corrected chi connectivity index (χ3v) is 3.99. The topological polar surface area (TPSA) is 88.9 Å². The molecule has 3 N–H and O–H groups in total. The van der Waals surface area contributed by atoms with Gasteiger partial charge in [0.05, 0.1) is 24.9 Å². The van der Waals surface area contributed by atoms with E-state index in [0.717, 1.165) is 18.6 Å². The van der Waals surface area contributed by atoms with E-state index in [9.17, 15) is 9.90 Å². The van der Waals surface area contributed by atoms with Gasteiger partial charge < -0.3 is 20.0 Å². The maximum atomic E-state index is 11.3. The predicted molar refractivity (Wildman–Crippen MR) is 77.3 cm³/mol. The van der Waals surface area contributed by atoms with E-state index >= 15 is 0 Å². The van der Waals surface area contributed by atoms with Crippen LogP contribution in [0.5, 0.6) is 0 Å². The van der Waals surface area contributed by atoms with Gasteiger partial charge in [0.2, 0.25) is 5.91 Å². The number of β-amino-alcohol motifs (C(OH)–C–C–N with tert-alkyl or cyclic N) is 1. The van der Waals surface area contributed by atoms with Crippen LogP contribution in [0.25, 0.3) is 0 Å². The molecule has 0 aliphatic carbocycles. The smallest absolute Gasteiger partial charge is 0.221 e. The molecule has 3 unspecified atom stereocenters. The lowest BCUT2D eigenvalue weighted by atomic mass is 9.93. The molecule has 118 valence electrons. The largest absolute Gasteiger partial charge is 0.467 e. The molecule has 3 atom stereocenters. The van der Waals surface area contributed by atoms with Crippen molar-refractivity contribution in [1.29, 1.82) is 0 Å². The van der Waals surface area contributed by atoms with Crippen LogP contribution in [0, 0.1) is 5.92 Å². The molecule has 0 radical (unpaired) electrons. The molecule has 6 heteroatoms. The summed E-state index contributed by atoms with van der Waals surface area (Å²) in [6.07, 6.45) is 2.76. The zero-order valence-electron chi connectivity index (χ0n) is 12.4. The molecule has 2 rings (SSSR count). The van der Waals surface area contributed by atoms with Crippen molar-refractivity contribution in [3.8, 4) is 0 Å². The fourth-order valence-corrected chi connectivity index (χ4v) is 2.68. The number of nitrogens with two attached hydrogens (primary N) is 1. The van der Waals surface area contributed by atoms with Crippen molar-refractivity contribution in [2.45, 2.75) is 38.5 Å². The van der Waals surface area contributed by atoms with Crippen LogP contribution in [0.15, 0.2) is 22.8 Å². The molecule has 0 spiro atoms.